The first-order valence-corrected chi connectivity index (χ1v) is 5.51. The Labute approximate surface area is 93.5 Å². The van der Waals surface area contributed by atoms with Gasteiger partial charge in [-0.1, -0.05) is 24.3 Å². The van der Waals surface area contributed by atoms with Crippen molar-refractivity contribution in [3.63, 3.8) is 0 Å². The first-order chi connectivity index (χ1) is 7.74. The first-order valence-electron chi connectivity index (χ1n) is 5.51. The third kappa shape index (κ3) is 1.56. The molecule has 2 aromatic rings. The average Bonchev–Trinajstić information content (AvgIpc) is 3.11. The van der Waals surface area contributed by atoms with Crippen molar-refractivity contribution in [2.45, 2.75) is 18.8 Å². The number of benzene rings is 2. The molecule has 1 fully saturated rings. The van der Waals surface area contributed by atoms with Crippen molar-refractivity contribution in [3.8, 4) is 0 Å². The zero-order chi connectivity index (χ0) is 11.1. The summed E-state index contributed by atoms with van der Waals surface area (Å²) < 4.78 is 0. The van der Waals surface area contributed by atoms with Gasteiger partial charge in [0, 0.05) is 0 Å². The number of rotatable bonds is 2. The van der Waals surface area contributed by atoms with Gasteiger partial charge in [-0.15, -0.1) is 0 Å². The lowest BCUT2D eigenvalue weighted by atomic mass is 10.0. The van der Waals surface area contributed by atoms with Gasteiger partial charge in [-0.25, -0.2) is 4.79 Å². The highest BCUT2D eigenvalue weighted by molar-refractivity contribution is 5.94. The maximum Gasteiger partial charge on any atom is 0.335 e. The minimum atomic E-state index is -0.862. The molecule has 0 radical (unpaired) electrons. The highest BCUT2D eigenvalue weighted by Gasteiger charge is 2.23. The quantitative estimate of drug-likeness (QED) is 0.828. The van der Waals surface area contributed by atoms with Crippen molar-refractivity contribution in [2.24, 2.45) is 0 Å². The number of hydrogen-bond donors (Lipinski definition) is 1. The molecule has 0 unspecified atom stereocenters. The van der Waals surface area contributed by atoms with Gasteiger partial charge in [0.2, 0.25) is 0 Å². The largest absolute Gasteiger partial charge is 0.478 e. The van der Waals surface area contributed by atoms with E-state index >= 15 is 0 Å². The summed E-state index contributed by atoms with van der Waals surface area (Å²) in [5, 5.41) is 11.1. The van der Waals surface area contributed by atoms with Crippen LogP contribution in [0, 0.1) is 0 Å². The van der Waals surface area contributed by atoms with E-state index in [9.17, 15) is 4.79 Å². The molecule has 2 nitrogen and oxygen atoms in total. The number of hydrogen-bond acceptors (Lipinski definition) is 1. The first kappa shape index (κ1) is 9.40. The van der Waals surface area contributed by atoms with Crippen LogP contribution in [0.3, 0.4) is 0 Å². The Morgan fingerprint density at radius 1 is 1.06 bits per heavy atom. The summed E-state index contributed by atoms with van der Waals surface area (Å²) in [6.07, 6.45) is 2.54. The Bertz CT molecular complexity index is 568. The van der Waals surface area contributed by atoms with Gasteiger partial charge in [-0.05, 0) is 47.2 Å². The van der Waals surface area contributed by atoms with Crippen LogP contribution in [0.5, 0.6) is 0 Å². The monoisotopic (exact) mass is 212 g/mol. The van der Waals surface area contributed by atoms with E-state index in [2.05, 4.69) is 18.2 Å². The summed E-state index contributed by atoms with van der Waals surface area (Å²) in [5.41, 5.74) is 1.70. The summed E-state index contributed by atoms with van der Waals surface area (Å²) in [5.74, 6) is -0.156. The third-order valence-electron chi connectivity index (χ3n) is 3.16. The molecular formula is C14H12O2. The molecular weight excluding hydrogens is 200 g/mol. The fourth-order valence-electron chi connectivity index (χ4n) is 2.07. The van der Waals surface area contributed by atoms with E-state index < -0.39 is 5.97 Å². The minimum Gasteiger partial charge on any atom is -0.478 e. The number of carbonyl (C=O) groups is 1. The van der Waals surface area contributed by atoms with Gasteiger partial charge < -0.3 is 5.11 Å². The second-order valence-corrected chi connectivity index (χ2v) is 4.40. The molecule has 1 aliphatic carbocycles. The molecule has 16 heavy (non-hydrogen) atoms. The van der Waals surface area contributed by atoms with Crippen molar-refractivity contribution in [3.05, 3.63) is 47.5 Å². The fraction of sp³-hybridized carbons (Fsp3) is 0.214. The van der Waals surface area contributed by atoms with Gasteiger partial charge in [-0.2, -0.15) is 0 Å². The zero-order valence-corrected chi connectivity index (χ0v) is 8.81. The Morgan fingerprint density at radius 3 is 2.50 bits per heavy atom. The van der Waals surface area contributed by atoms with Crippen LogP contribution in [0.25, 0.3) is 10.8 Å². The standard InChI is InChI=1S/C14H12O2/c15-14(16)12-6-4-10-3-5-11(9-1-2-9)7-13(10)8-12/h3-9H,1-2H2,(H,15,16). The Kier molecular flexibility index (Phi) is 1.96. The van der Waals surface area contributed by atoms with E-state index in [1.807, 2.05) is 6.07 Å². The van der Waals surface area contributed by atoms with Crippen LogP contribution < -0.4 is 0 Å². The van der Waals surface area contributed by atoms with Crippen molar-refractivity contribution >= 4 is 16.7 Å². The summed E-state index contributed by atoms with van der Waals surface area (Å²) in [6.45, 7) is 0. The Balaban J connectivity index is 2.15. The van der Waals surface area contributed by atoms with Crippen molar-refractivity contribution in [1.82, 2.24) is 0 Å². The van der Waals surface area contributed by atoms with Crippen molar-refractivity contribution in [1.29, 1.82) is 0 Å². The van der Waals surface area contributed by atoms with E-state index in [0.29, 0.717) is 11.5 Å². The predicted octanol–water partition coefficient (Wildman–Crippen LogP) is 3.42. The summed E-state index contributed by atoms with van der Waals surface area (Å²) in [6, 6.07) is 11.6. The number of carboxylic acids is 1. The highest BCUT2D eigenvalue weighted by Crippen LogP contribution is 2.40. The van der Waals surface area contributed by atoms with Crippen LogP contribution in [-0.4, -0.2) is 11.1 Å². The lowest BCUT2D eigenvalue weighted by molar-refractivity contribution is 0.0697. The van der Waals surface area contributed by atoms with Crippen molar-refractivity contribution in [2.75, 3.05) is 0 Å². The molecule has 0 heterocycles. The maximum absolute atomic E-state index is 10.9. The summed E-state index contributed by atoms with van der Waals surface area (Å²) in [7, 11) is 0. The minimum absolute atomic E-state index is 0.362. The summed E-state index contributed by atoms with van der Waals surface area (Å²) in [4.78, 5) is 10.9. The molecule has 0 atom stereocenters. The number of aromatic carboxylic acids is 1. The molecule has 0 saturated heterocycles. The second-order valence-electron chi connectivity index (χ2n) is 4.40. The van der Waals surface area contributed by atoms with Gasteiger partial charge in [0.25, 0.3) is 0 Å². The van der Waals surface area contributed by atoms with Crippen LogP contribution in [0.4, 0.5) is 0 Å². The van der Waals surface area contributed by atoms with E-state index in [1.165, 1.54) is 18.4 Å². The average molecular weight is 212 g/mol. The normalized spacial score (nSPS) is 15.2. The molecule has 0 bridgehead atoms. The molecule has 1 saturated carbocycles. The fourth-order valence-corrected chi connectivity index (χ4v) is 2.07. The van der Waals surface area contributed by atoms with E-state index in [1.54, 1.807) is 12.1 Å². The van der Waals surface area contributed by atoms with Crippen LogP contribution in [0.2, 0.25) is 0 Å². The number of carboxylic acid groups (broad SMARTS) is 1. The van der Waals surface area contributed by atoms with Crippen LogP contribution in [0.1, 0.15) is 34.7 Å². The smallest absolute Gasteiger partial charge is 0.335 e. The van der Waals surface area contributed by atoms with E-state index in [4.69, 9.17) is 5.11 Å². The van der Waals surface area contributed by atoms with Gasteiger partial charge in [0.15, 0.2) is 0 Å². The van der Waals surface area contributed by atoms with Crippen LogP contribution >= 0.6 is 0 Å². The zero-order valence-electron chi connectivity index (χ0n) is 8.81. The number of fused-ring (bicyclic) bond motifs is 1. The molecule has 2 aromatic carbocycles. The maximum atomic E-state index is 10.9. The second kappa shape index (κ2) is 3.34. The molecule has 0 aromatic heterocycles. The molecule has 80 valence electrons. The third-order valence-corrected chi connectivity index (χ3v) is 3.16. The van der Waals surface area contributed by atoms with Gasteiger partial charge in [0.05, 0.1) is 5.56 Å². The van der Waals surface area contributed by atoms with Crippen LogP contribution in [-0.2, 0) is 0 Å². The lowest BCUT2D eigenvalue weighted by Crippen LogP contribution is -1.95. The molecule has 1 N–H and O–H groups in total. The highest BCUT2D eigenvalue weighted by atomic mass is 16.4. The van der Waals surface area contributed by atoms with E-state index in [0.717, 1.165) is 10.8 Å². The SMILES string of the molecule is O=C(O)c1ccc2ccc(C3CC3)cc2c1. The van der Waals surface area contributed by atoms with Gasteiger partial charge in [0.1, 0.15) is 0 Å². The van der Waals surface area contributed by atoms with Gasteiger partial charge >= 0.3 is 5.97 Å². The van der Waals surface area contributed by atoms with Gasteiger partial charge in [-0.3, -0.25) is 0 Å². The topological polar surface area (TPSA) is 37.3 Å². The van der Waals surface area contributed by atoms with Crippen molar-refractivity contribution < 1.29 is 9.90 Å². The molecule has 2 heteroatoms. The molecule has 0 amide bonds. The van der Waals surface area contributed by atoms with Crippen LogP contribution in [0.15, 0.2) is 36.4 Å². The summed E-state index contributed by atoms with van der Waals surface area (Å²) >= 11 is 0. The Hall–Kier alpha value is -1.83. The molecule has 0 spiro atoms. The lowest BCUT2D eigenvalue weighted by Gasteiger charge is -2.03. The molecule has 3 rings (SSSR count). The molecule has 0 aliphatic heterocycles. The molecule has 1 aliphatic rings. The predicted molar refractivity (Wildman–Crippen MR) is 62.9 cm³/mol. The Morgan fingerprint density at radius 2 is 1.81 bits per heavy atom. The van der Waals surface area contributed by atoms with E-state index in [-0.39, 0.29) is 0 Å².